The lowest BCUT2D eigenvalue weighted by molar-refractivity contribution is 0.0597. The fourth-order valence-corrected chi connectivity index (χ4v) is 1.02. The second kappa shape index (κ2) is 4.93. The van der Waals surface area contributed by atoms with Gasteiger partial charge in [0, 0.05) is 6.07 Å². The number of nitrogens with two attached hydrogens (primary N) is 1. The number of phenols is 1. The molecule has 4 nitrogen and oxygen atoms in total. The first-order chi connectivity index (χ1) is 6.06. The summed E-state index contributed by atoms with van der Waals surface area (Å²) in [5.41, 5.74) is 5.60. The molecule has 78 valence electrons. The van der Waals surface area contributed by atoms with Crippen molar-refractivity contribution >= 4 is 35.7 Å². The first-order valence-electron chi connectivity index (χ1n) is 3.42. The van der Waals surface area contributed by atoms with Gasteiger partial charge in [-0.3, -0.25) is 0 Å². The van der Waals surface area contributed by atoms with Gasteiger partial charge in [-0.2, -0.15) is 0 Å². The third-order valence-electron chi connectivity index (χ3n) is 1.52. The highest BCUT2D eigenvalue weighted by molar-refractivity contribution is 6.33. The van der Waals surface area contributed by atoms with E-state index in [1.54, 1.807) is 0 Å². The van der Waals surface area contributed by atoms with E-state index in [0.717, 1.165) is 0 Å². The van der Waals surface area contributed by atoms with Crippen molar-refractivity contribution in [3.8, 4) is 5.75 Å². The van der Waals surface area contributed by atoms with E-state index in [9.17, 15) is 9.90 Å². The normalized spacial score (nSPS) is 9.00. The Morgan fingerprint density at radius 1 is 1.57 bits per heavy atom. The van der Waals surface area contributed by atoms with Gasteiger partial charge in [0.2, 0.25) is 0 Å². The van der Waals surface area contributed by atoms with Gasteiger partial charge in [-0.15, -0.1) is 12.4 Å². The molecule has 0 aliphatic carbocycles. The fraction of sp³-hybridized carbons (Fsp3) is 0.125. The summed E-state index contributed by atoms with van der Waals surface area (Å²) in [5.74, 6) is -0.895. The van der Waals surface area contributed by atoms with Crippen molar-refractivity contribution in [1.29, 1.82) is 0 Å². The van der Waals surface area contributed by atoms with Crippen LogP contribution in [0.1, 0.15) is 10.4 Å². The Morgan fingerprint density at radius 2 is 2.14 bits per heavy atom. The zero-order valence-electron chi connectivity index (χ0n) is 7.28. The van der Waals surface area contributed by atoms with Crippen LogP contribution >= 0.6 is 24.0 Å². The highest BCUT2D eigenvalue weighted by atomic mass is 35.5. The Hall–Kier alpha value is -1.13. The zero-order valence-corrected chi connectivity index (χ0v) is 8.85. The molecule has 0 bridgehead atoms. The van der Waals surface area contributed by atoms with Crippen molar-refractivity contribution in [2.45, 2.75) is 0 Å². The molecule has 0 heterocycles. The topological polar surface area (TPSA) is 72.5 Å². The van der Waals surface area contributed by atoms with Crippen molar-refractivity contribution in [1.82, 2.24) is 0 Å². The number of halogens is 2. The highest BCUT2D eigenvalue weighted by Crippen LogP contribution is 2.28. The molecule has 1 aromatic carbocycles. The number of ether oxygens (including phenoxy) is 1. The van der Waals surface area contributed by atoms with Crippen LogP contribution in [0.4, 0.5) is 5.69 Å². The van der Waals surface area contributed by atoms with Crippen LogP contribution < -0.4 is 5.73 Å². The molecule has 0 aromatic heterocycles. The Morgan fingerprint density at radius 3 is 2.64 bits per heavy atom. The number of anilines is 1. The first kappa shape index (κ1) is 12.9. The minimum absolute atomic E-state index is 0. The maximum Gasteiger partial charge on any atom is 0.341 e. The standard InChI is InChI=1S/C8H8ClNO3.ClH/c1-13-8(12)4-2-5(9)6(10)3-7(4)11;/h2-3,11H,10H2,1H3;1H. The molecule has 0 aliphatic rings. The lowest BCUT2D eigenvalue weighted by atomic mass is 10.2. The van der Waals surface area contributed by atoms with Crippen molar-refractivity contribution in [2.75, 3.05) is 12.8 Å². The van der Waals surface area contributed by atoms with Crippen LogP contribution in [0.15, 0.2) is 12.1 Å². The molecule has 0 saturated carbocycles. The van der Waals surface area contributed by atoms with Gasteiger partial charge in [0.05, 0.1) is 17.8 Å². The lowest BCUT2D eigenvalue weighted by Crippen LogP contribution is -2.02. The summed E-state index contributed by atoms with van der Waals surface area (Å²) in [4.78, 5) is 11.0. The number of methoxy groups -OCH3 is 1. The molecule has 0 amide bonds. The van der Waals surface area contributed by atoms with Crippen LogP contribution in [-0.4, -0.2) is 18.2 Å². The summed E-state index contributed by atoms with van der Waals surface area (Å²) in [6.45, 7) is 0. The molecule has 0 unspecified atom stereocenters. The summed E-state index contributed by atoms with van der Waals surface area (Å²) < 4.78 is 4.41. The smallest absolute Gasteiger partial charge is 0.341 e. The summed E-state index contributed by atoms with van der Waals surface area (Å²) in [7, 11) is 1.21. The van der Waals surface area contributed by atoms with E-state index in [1.165, 1.54) is 19.2 Å². The molecule has 0 saturated heterocycles. The van der Waals surface area contributed by atoms with Crippen molar-refractivity contribution in [3.05, 3.63) is 22.7 Å². The summed E-state index contributed by atoms with van der Waals surface area (Å²) in [6.07, 6.45) is 0. The average molecular weight is 238 g/mol. The zero-order chi connectivity index (χ0) is 10.0. The first-order valence-corrected chi connectivity index (χ1v) is 3.80. The van der Waals surface area contributed by atoms with Gasteiger partial charge in [-0.05, 0) is 6.07 Å². The number of carbonyl (C=O) groups is 1. The fourth-order valence-electron chi connectivity index (χ4n) is 0.851. The third-order valence-corrected chi connectivity index (χ3v) is 1.85. The molecule has 1 aromatic rings. The number of rotatable bonds is 1. The molecule has 0 aliphatic heterocycles. The van der Waals surface area contributed by atoms with Gasteiger partial charge >= 0.3 is 5.97 Å². The Bertz CT molecular complexity index is 355. The van der Waals surface area contributed by atoms with Crippen molar-refractivity contribution in [2.24, 2.45) is 0 Å². The number of nitrogen functional groups attached to an aromatic ring is 1. The Labute approximate surface area is 92.0 Å². The van der Waals surface area contributed by atoms with E-state index in [1.807, 2.05) is 0 Å². The van der Waals surface area contributed by atoms with E-state index >= 15 is 0 Å². The molecule has 3 N–H and O–H groups in total. The van der Waals surface area contributed by atoms with Gasteiger partial charge in [-0.1, -0.05) is 11.6 Å². The molecule has 0 atom stereocenters. The van der Waals surface area contributed by atoms with Crippen LogP contribution in [0.2, 0.25) is 5.02 Å². The van der Waals surface area contributed by atoms with Crippen molar-refractivity contribution in [3.63, 3.8) is 0 Å². The SMILES string of the molecule is COC(=O)c1cc(Cl)c(N)cc1O.Cl. The van der Waals surface area contributed by atoms with Gasteiger partial charge in [0.1, 0.15) is 11.3 Å². The van der Waals surface area contributed by atoms with E-state index < -0.39 is 5.97 Å². The van der Waals surface area contributed by atoms with E-state index in [0.29, 0.717) is 0 Å². The minimum atomic E-state index is -0.653. The molecule has 1 rings (SSSR count). The van der Waals surface area contributed by atoms with Crippen LogP contribution in [0, 0.1) is 0 Å². The second-order valence-electron chi connectivity index (χ2n) is 2.38. The number of phenolic OH excluding ortho intramolecular Hbond substituents is 1. The monoisotopic (exact) mass is 237 g/mol. The molecule has 6 heteroatoms. The largest absolute Gasteiger partial charge is 0.507 e. The minimum Gasteiger partial charge on any atom is -0.507 e. The number of esters is 1. The van der Waals surface area contributed by atoms with Crippen LogP contribution in [0.5, 0.6) is 5.75 Å². The molecule has 0 spiro atoms. The third kappa shape index (κ3) is 2.43. The quantitative estimate of drug-likeness (QED) is 0.578. The molecule has 0 fully saturated rings. The predicted molar refractivity (Wildman–Crippen MR) is 56.1 cm³/mol. The van der Waals surface area contributed by atoms with Crippen LogP contribution in [0.3, 0.4) is 0 Å². The van der Waals surface area contributed by atoms with E-state index in [4.69, 9.17) is 17.3 Å². The molecule has 0 radical (unpaired) electrons. The molecular weight excluding hydrogens is 229 g/mol. The Balaban J connectivity index is 0.00000169. The van der Waals surface area contributed by atoms with Gasteiger partial charge in [-0.25, -0.2) is 4.79 Å². The maximum absolute atomic E-state index is 11.0. The van der Waals surface area contributed by atoms with Crippen molar-refractivity contribution < 1.29 is 14.6 Å². The average Bonchev–Trinajstić information content (AvgIpc) is 2.10. The van der Waals surface area contributed by atoms with Crippen LogP contribution in [-0.2, 0) is 4.74 Å². The van der Waals surface area contributed by atoms with Crippen LogP contribution in [0.25, 0.3) is 0 Å². The Kier molecular flexibility index (Phi) is 4.53. The van der Waals surface area contributed by atoms with Gasteiger partial charge < -0.3 is 15.6 Å². The van der Waals surface area contributed by atoms with E-state index in [2.05, 4.69) is 4.74 Å². The lowest BCUT2D eigenvalue weighted by Gasteiger charge is -2.04. The van der Waals surface area contributed by atoms with Gasteiger partial charge in [0.15, 0.2) is 0 Å². The maximum atomic E-state index is 11.0. The predicted octanol–water partition coefficient (Wildman–Crippen LogP) is 1.84. The number of benzene rings is 1. The van der Waals surface area contributed by atoms with Gasteiger partial charge in [0.25, 0.3) is 0 Å². The second-order valence-corrected chi connectivity index (χ2v) is 2.79. The number of carbonyl (C=O) groups excluding carboxylic acids is 1. The highest BCUT2D eigenvalue weighted by Gasteiger charge is 2.13. The van der Waals surface area contributed by atoms with E-state index in [-0.39, 0.29) is 34.4 Å². The molecule has 14 heavy (non-hydrogen) atoms. The summed E-state index contributed by atoms with van der Waals surface area (Å²) in [5, 5.41) is 9.48. The summed E-state index contributed by atoms with van der Waals surface area (Å²) in [6, 6.07) is 2.46. The number of hydrogen-bond acceptors (Lipinski definition) is 4. The summed E-state index contributed by atoms with van der Waals surface area (Å²) >= 11 is 5.64. The number of hydrogen-bond donors (Lipinski definition) is 2. The molecular formula is C8H9Cl2NO3. The number of aromatic hydroxyl groups is 1.